The molecule has 1 aromatic carbocycles. The van der Waals surface area contributed by atoms with Gasteiger partial charge in [0.15, 0.2) is 6.61 Å². The molecule has 0 saturated heterocycles. The summed E-state index contributed by atoms with van der Waals surface area (Å²) in [5.41, 5.74) is 1.01. The van der Waals surface area contributed by atoms with Gasteiger partial charge in [0.25, 0.3) is 5.91 Å². The number of benzene rings is 1. The van der Waals surface area contributed by atoms with Crippen LogP contribution in [-0.4, -0.2) is 18.5 Å². The minimum Gasteiger partial charge on any atom is -0.455 e. The van der Waals surface area contributed by atoms with Crippen LogP contribution in [-0.2, 0) is 20.7 Å². The van der Waals surface area contributed by atoms with Gasteiger partial charge in [0, 0.05) is 4.88 Å². The van der Waals surface area contributed by atoms with Crippen LogP contribution in [0, 0.1) is 0 Å². The summed E-state index contributed by atoms with van der Waals surface area (Å²) in [4.78, 5) is 24.3. The van der Waals surface area contributed by atoms with E-state index in [1.54, 1.807) is 0 Å². The van der Waals surface area contributed by atoms with Crippen molar-refractivity contribution in [1.29, 1.82) is 0 Å². The van der Waals surface area contributed by atoms with Gasteiger partial charge in [0.05, 0.1) is 12.5 Å². The van der Waals surface area contributed by atoms with Crippen molar-refractivity contribution in [3.8, 4) is 0 Å². The van der Waals surface area contributed by atoms with Crippen LogP contribution in [0.15, 0.2) is 47.8 Å². The molecular formula is C16H17NO3S. The number of carbonyl (C=O) groups is 2. The Morgan fingerprint density at radius 2 is 1.95 bits per heavy atom. The van der Waals surface area contributed by atoms with Gasteiger partial charge < -0.3 is 10.1 Å². The fourth-order valence-corrected chi connectivity index (χ4v) is 2.55. The Hall–Kier alpha value is -2.14. The molecule has 0 aliphatic rings. The lowest BCUT2D eigenvalue weighted by Crippen LogP contribution is -2.31. The fraction of sp³-hybridized carbons (Fsp3) is 0.250. The van der Waals surface area contributed by atoms with Gasteiger partial charge in [-0.1, -0.05) is 36.4 Å². The summed E-state index contributed by atoms with van der Waals surface area (Å²) >= 11 is 1.49. The Morgan fingerprint density at radius 1 is 1.19 bits per heavy atom. The molecule has 4 nitrogen and oxygen atoms in total. The summed E-state index contributed by atoms with van der Waals surface area (Å²) in [6, 6.07) is 13.3. The number of ether oxygens (including phenoxy) is 1. The van der Waals surface area contributed by atoms with Crippen LogP contribution < -0.4 is 5.32 Å². The molecule has 110 valence electrons. The Morgan fingerprint density at radius 3 is 2.62 bits per heavy atom. The molecule has 0 aliphatic heterocycles. The number of nitrogens with one attached hydrogen (secondary N) is 1. The molecule has 1 atom stereocenters. The summed E-state index contributed by atoms with van der Waals surface area (Å²) in [6.07, 6.45) is 0.208. The van der Waals surface area contributed by atoms with Crippen molar-refractivity contribution < 1.29 is 14.3 Å². The SMILES string of the molecule is CC(NC(=O)COC(=O)Cc1cccs1)c1ccccc1. The average molecular weight is 303 g/mol. The van der Waals surface area contributed by atoms with E-state index in [1.165, 1.54) is 11.3 Å². The maximum Gasteiger partial charge on any atom is 0.311 e. The van der Waals surface area contributed by atoms with Crippen molar-refractivity contribution in [2.45, 2.75) is 19.4 Å². The zero-order valence-electron chi connectivity index (χ0n) is 11.7. The van der Waals surface area contributed by atoms with E-state index in [0.717, 1.165) is 10.4 Å². The van der Waals surface area contributed by atoms with Crippen molar-refractivity contribution >= 4 is 23.2 Å². The second-order valence-electron chi connectivity index (χ2n) is 4.62. The van der Waals surface area contributed by atoms with Gasteiger partial charge in [0.1, 0.15) is 0 Å². The first-order valence-electron chi connectivity index (χ1n) is 6.67. The van der Waals surface area contributed by atoms with Gasteiger partial charge in [0.2, 0.25) is 0 Å². The van der Waals surface area contributed by atoms with Crippen molar-refractivity contribution in [3.63, 3.8) is 0 Å². The number of esters is 1. The second-order valence-corrected chi connectivity index (χ2v) is 5.65. The van der Waals surface area contributed by atoms with Crippen LogP contribution in [0.3, 0.4) is 0 Å². The molecule has 21 heavy (non-hydrogen) atoms. The largest absolute Gasteiger partial charge is 0.455 e. The van der Waals surface area contributed by atoms with Crippen LogP contribution in [0.1, 0.15) is 23.4 Å². The standard InChI is InChI=1S/C16H17NO3S/c1-12(13-6-3-2-4-7-13)17-15(18)11-20-16(19)10-14-8-5-9-21-14/h2-9,12H,10-11H2,1H3,(H,17,18). The number of hydrogen-bond acceptors (Lipinski definition) is 4. The van der Waals surface area contributed by atoms with Gasteiger partial charge in [-0.2, -0.15) is 0 Å². The van der Waals surface area contributed by atoms with Crippen molar-refractivity contribution in [2.75, 3.05) is 6.61 Å². The maximum atomic E-state index is 11.7. The van der Waals surface area contributed by atoms with E-state index in [2.05, 4.69) is 5.32 Å². The van der Waals surface area contributed by atoms with E-state index in [9.17, 15) is 9.59 Å². The molecule has 1 unspecified atom stereocenters. The topological polar surface area (TPSA) is 55.4 Å². The predicted octanol–water partition coefficient (Wildman–Crippen LogP) is 2.71. The highest BCUT2D eigenvalue weighted by molar-refractivity contribution is 7.10. The minimum atomic E-state index is -0.389. The van der Waals surface area contributed by atoms with Crippen LogP contribution in [0.25, 0.3) is 0 Å². The molecule has 0 fully saturated rings. The monoisotopic (exact) mass is 303 g/mol. The summed E-state index contributed by atoms with van der Waals surface area (Å²) in [7, 11) is 0. The van der Waals surface area contributed by atoms with Crippen LogP contribution >= 0.6 is 11.3 Å². The Kier molecular flexibility index (Phi) is 5.51. The number of hydrogen-bond donors (Lipinski definition) is 1. The average Bonchev–Trinajstić information content (AvgIpc) is 2.99. The molecule has 1 heterocycles. The van der Waals surface area contributed by atoms with E-state index < -0.39 is 0 Å². The number of rotatable bonds is 6. The summed E-state index contributed by atoms with van der Waals surface area (Å²) in [6.45, 7) is 1.64. The first kappa shape index (κ1) is 15.3. The van der Waals surface area contributed by atoms with Gasteiger partial charge in [-0.05, 0) is 23.9 Å². The van der Waals surface area contributed by atoms with Crippen LogP contribution in [0.2, 0.25) is 0 Å². The molecule has 2 aromatic rings. The van der Waals surface area contributed by atoms with Gasteiger partial charge >= 0.3 is 5.97 Å². The summed E-state index contributed by atoms with van der Waals surface area (Å²) in [5.74, 6) is -0.689. The normalized spacial score (nSPS) is 11.7. The Balaban J connectivity index is 1.73. The lowest BCUT2D eigenvalue weighted by molar-refractivity contribution is -0.148. The molecule has 0 saturated carbocycles. The van der Waals surface area contributed by atoms with E-state index >= 15 is 0 Å². The highest BCUT2D eigenvalue weighted by Crippen LogP contribution is 2.11. The molecule has 0 spiro atoms. The smallest absolute Gasteiger partial charge is 0.311 e. The molecule has 1 amide bonds. The van der Waals surface area contributed by atoms with E-state index in [4.69, 9.17) is 4.74 Å². The first-order valence-corrected chi connectivity index (χ1v) is 7.55. The maximum absolute atomic E-state index is 11.7. The molecule has 1 aromatic heterocycles. The molecular weight excluding hydrogens is 286 g/mol. The summed E-state index contributed by atoms with van der Waals surface area (Å²) < 4.78 is 4.97. The third-order valence-corrected chi connectivity index (χ3v) is 3.82. The van der Waals surface area contributed by atoms with Crippen LogP contribution in [0.5, 0.6) is 0 Å². The number of amides is 1. The zero-order chi connectivity index (χ0) is 15.1. The Labute approximate surface area is 127 Å². The van der Waals surface area contributed by atoms with Gasteiger partial charge in [-0.3, -0.25) is 9.59 Å². The number of thiophene rings is 1. The molecule has 2 rings (SSSR count). The molecule has 0 aliphatic carbocycles. The highest BCUT2D eigenvalue weighted by Gasteiger charge is 2.12. The second kappa shape index (κ2) is 7.59. The van der Waals surface area contributed by atoms with Gasteiger partial charge in [-0.15, -0.1) is 11.3 Å². The first-order chi connectivity index (χ1) is 10.1. The van der Waals surface area contributed by atoms with Crippen molar-refractivity contribution in [3.05, 3.63) is 58.3 Å². The molecule has 0 radical (unpaired) electrons. The van der Waals surface area contributed by atoms with Crippen LogP contribution in [0.4, 0.5) is 0 Å². The van der Waals surface area contributed by atoms with Gasteiger partial charge in [-0.25, -0.2) is 0 Å². The van der Waals surface area contributed by atoms with Crippen molar-refractivity contribution in [2.24, 2.45) is 0 Å². The Bertz CT molecular complexity index is 581. The van der Waals surface area contributed by atoms with E-state index in [1.807, 2.05) is 54.8 Å². The molecule has 5 heteroatoms. The third kappa shape index (κ3) is 5.04. The predicted molar refractivity (Wildman–Crippen MR) is 82.0 cm³/mol. The zero-order valence-corrected chi connectivity index (χ0v) is 12.6. The lowest BCUT2D eigenvalue weighted by Gasteiger charge is -2.14. The third-order valence-electron chi connectivity index (χ3n) is 2.94. The fourth-order valence-electron chi connectivity index (χ4n) is 1.86. The van der Waals surface area contributed by atoms with Crippen molar-refractivity contribution in [1.82, 2.24) is 5.32 Å². The van der Waals surface area contributed by atoms with E-state index in [0.29, 0.717) is 0 Å². The summed E-state index contributed by atoms with van der Waals surface area (Å²) in [5, 5.41) is 4.70. The number of carbonyl (C=O) groups excluding carboxylic acids is 2. The highest BCUT2D eigenvalue weighted by atomic mass is 32.1. The molecule has 1 N–H and O–H groups in total. The molecule has 0 bridgehead atoms. The lowest BCUT2D eigenvalue weighted by atomic mass is 10.1. The van der Waals surface area contributed by atoms with E-state index in [-0.39, 0.29) is 30.9 Å². The minimum absolute atomic E-state index is 0.116. The quantitative estimate of drug-likeness (QED) is 0.835.